The van der Waals surface area contributed by atoms with E-state index in [1.807, 2.05) is 0 Å². The average molecular weight is 264 g/mol. The van der Waals surface area contributed by atoms with Crippen LogP contribution in [0.5, 0.6) is 0 Å². The quantitative estimate of drug-likeness (QED) is 0.759. The standard InChI is InChI=1S/C5H9Br2FO/c1-3(2)4(9)5(6,7)8/h3-4,9H,1-2H3. The molecule has 9 heavy (non-hydrogen) atoms. The van der Waals surface area contributed by atoms with Gasteiger partial charge < -0.3 is 5.11 Å². The fourth-order valence-corrected chi connectivity index (χ4v) is 1.44. The maximum atomic E-state index is 12.6. The van der Waals surface area contributed by atoms with Crippen LogP contribution in [0.4, 0.5) is 4.39 Å². The van der Waals surface area contributed by atoms with E-state index in [1.165, 1.54) is 0 Å². The van der Waals surface area contributed by atoms with Gasteiger partial charge in [-0.25, -0.2) is 4.39 Å². The molecule has 0 spiro atoms. The summed E-state index contributed by atoms with van der Waals surface area (Å²) in [5, 5.41) is 8.99. The lowest BCUT2D eigenvalue weighted by atomic mass is 10.1. The van der Waals surface area contributed by atoms with Gasteiger partial charge in [0.05, 0.1) is 0 Å². The minimum absolute atomic E-state index is 0.103. The molecule has 0 aromatic rings. The van der Waals surface area contributed by atoms with Gasteiger partial charge in [0.2, 0.25) is 3.49 Å². The summed E-state index contributed by atoms with van der Waals surface area (Å²) in [6, 6.07) is 0. The average Bonchev–Trinajstić information content (AvgIpc) is 1.62. The summed E-state index contributed by atoms with van der Waals surface area (Å²) >= 11 is 5.29. The highest BCUT2D eigenvalue weighted by atomic mass is 79.9. The Kier molecular flexibility index (Phi) is 3.61. The van der Waals surface area contributed by atoms with Crippen LogP contribution < -0.4 is 0 Å². The molecule has 1 nitrogen and oxygen atoms in total. The van der Waals surface area contributed by atoms with Gasteiger partial charge in [-0.3, -0.25) is 0 Å². The zero-order valence-electron chi connectivity index (χ0n) is 5.24. The first kappa shape index (κ1) is 9.85. The van der Waals surface area contributed by atoms with Crippen molar-refractivity contribution in [3.63, 3.8) is 0 Å². The first-order chi connectivity index (χ1) is 3.85. The van der Waals surface area contributed by atoms with E-state index in [4.69, 9.17) is 5.11 Å². The third kappa shape index (κ3) is 3.53. The van der Waals surface area contributed by atoms with E-state index in [1.54, 1.807) is 13.8 Å². The summed E-state index contributed by atoms with van der Waals surface area (Å²) in [7, 11) is 0. The van der Waals surface area contributed by atoms with Crippen LogP contribution in [0, 0.1) is 5.92 Å². The van der Waals surface area contributed by atoms with Gasteiger partial charge in [-0.15, -0.1) is 0 Å². The molecule has 0 aromatic carbocycles. The van der Waals surface area contributed by atoms with Gasteiger partial charge >= 0.3 is 0 Å². The monoisotopic (exact) mass is 262 g/mol. The molecule has 0 bridgehead atoms. The van der Waals surface area contributed by atoms with Gasteiger partial charge in [-0.2, -0.15) is 0 Å². The topological polar surface area (TPSA) is 20.2 Å². The molecule has 0 radical (unpaired) electrons. The summed E-state index contributed by atoms with van der Waals surface area (Å²) in [6.45, 7) is 3.48. The maximum absolute atomic E-state index is 12.6. The molecule has 0 aliphatic carbocycles. The molecule has 0 amide bonds. The van der Waals surface area contributed by atoms with Crippen molar-refractivity contribution in [2.45, 2.75) is 23.4 Å². The second kappa shape index (κ2) is 3.30. The normalized spacial score (nSPS) is 16.3. The Morgan fingerprint density at radius 2 is 1.78 bits per heavy atom. The molecule has 0 fully saturated rings. The van der Waals surface area contributed by atoms with E-state index < -0.39 is 9.59 Å². The Labute approximate surface area is 70.9 Å². The Bertz CT molecular complexity index is 89.4. The van der Waals surface area contributed by atoms with Crippen molar-refractivity contribution in [1.29, 1.82) is 0 Å². The summed E-state index contributed by atoms with van der Waals surface area (Å²) in [5.41, 5.74) is 0. The third-order valence-electron chi connectivity index (χ3n) is 0.967. The highest BCUT2D eigenvalue weighted by Crippen LogP contribution is 2.34. The van der Waals surface area contributed by atoms with Crippen molar-refractivity contribution in [1.82, 2.24) is 0 Å². The van der Waals surface area contributed by atoms with Crippen LogP contribution in [-0.4, -0.2) is 14.7 Å². The van der Waals surface area contributed by atoms with Crippen LogP contribution in [0.3, 0.4) is 0 Å². The molecule has 0 aromatic heterocycles. The minimum Gasteiger partial charge on any atom is -0.388 e. The zero-order chi connectivity index (χ0) is 7.65. The maximum Gasteiger partial charge on any atom is 0.244 e. The fourth-order valence-electron chi connectivity index (χ4n) is 0.378. The number of alkyl halides is 3. The molecule has 56 valence electrons. The molecule has 4 heteroatoms. The molecule has 1 N–H and O–H groups in total. The fraction of sp³-hybridized carbons (Fsp3) is 1.00. The smallest absolute Gasteiger partial charge is 0.244 e. The van der Waals surface area contributed by atoms with Crippen molar-refractivity contribution >= 4 is 31.9 Å². The van der Waals surface area contributed by atoms with Crippen LogP contribution in [0.2, 0.25) is 0 Å². The van der Waals surface area contributed by atoms with Crippen molar-refractivity contribution in [2.24, 2.45) is 5.92 Å². The van der Waals surface area contributed by atoms with Gasteiger partial charge in [-0.05, 0) is 37.8 Å². The number of aliphatic hydroxyl groups is 1. The lowest BCUT2D eigenvalue weighted by molar-refractivity contribution is 0.0721. The lowest BCUT2D eigenvalue weighted by Crippen LogP contribution is -2.30. The minimum atomic E-state index is -1.84. The summed E-state index contributed by atoms with van der Waals surface area (Å²) in [4.78, 5) is 0. The van der Waals surface area contributed by atoms with Gasteiger partial charge in [0.25, 0.3) is 0 Å². The van der Waals surface area contributed by atoms with E-state index in [2.05, 4.69) is 31.9 Å². The Morgan fingerprint density at radius 1 is 1.44 bits per heavy atom. The molecule has 0 saturated heterocycles. The van der Waals surface area contributed by atoms with Gasteiger partial charge in [0.1, 0.15) is 6.10 Å². The molecular formula is C5H9Br2FO. The van der Waals surface area contributed by atoms with Crippen molar-refractivity contribution < 1.29 is 9.50 Å². The van der Waals surface area contributed by atoms with E-state index >= 15 is 0 Å². The van der Waals surface area contributed by atoms with Gasteiger partial charge in [0, 0.05) is 0 Å². The first-order valence-corrected chi connectivity index (χ1v) is 4.19. The molecule has 0 heterocycles. The number of hydrogen-bond donors (Lipinski definition) is 1. The summed E-state index contributed by atoms with van der Waals surface area (Å²) in [5.74, 6) is -0.103. The molecule has 0 aliphatic rings. The number of halogens is 3. The number of hydrogen-bond acceptors (Lipinski definition) is 1. The van der Waals surface area contributed by atoms with Crippen LogP contribution in [0.25, 0.3) is 0 Å². The predicted molar refractivity (Wildman–Crippen MR) is 42.5 cm³/mol. The molecule has 0 rings (SSSR count). The van der Waals surface area contributed by atoms with Crippen molar-refractivity contribution in [3.05, 3.63) is 0 Å². The number of aliphatic hydroxyl groups excluding tert-OH is 1. The second-order valence-electron chi connectivity index (χ2n) is 2.23. The summed E-state index contributed by atoms with van der Waals surface area (Å²) < 4.78 is 10.8. The first-order valence-electron chi connectivity index (χ1n) is 2.60. The Balaban J connectivity index is 3.88. The SMILES string of the molecule is CC(C)C(O)C(F)(Br)Br. The van der Waals surface area contributed by atoms with Crippen LogP contribution in [0.1, 0.15) is 13.8 Å². The number of rotatable bonds is 2. The molecular weight excluding hydrogens is 255 g/mol. The van der Waals surface area contributed by atoms with Crippen LogP contribution in [-0.2, 0) is 0 Å². The largest absolute Gasteiger partial charge is 0.388 e. The van der Waals surface area contributed by atoms with Crippen molar-refractivity contribution in [2.75, 3.05) is 0 Å². The predicted octanol–water partition coefficient (Wildman–Crippen LogP) is 2.42. The second-order valence-corrected chi connectivity index (χ2v) is 5.60. The molecule has 0 saturated carbocycles. The van der Waals surface area contributed by atoms with Crippen LogP contribution in [0.15, 0.2) is 0 Å². The Morgan fingerprint density at radius 3 is 1.78 bits per heavy atom. The molecule has 1 atom stereocenters. The molecule has 0 aliphatic heterocycles. The van der Waals surface area contributed by atoms with Gasteiger partial charge in [0.15, 0.2) is 0 Å². The van der Waals surface area contributed by atoms with E-state index in [0.29, 0.717) is 0 Å². The Hall–Kier alpha value is 0.850. The van der Waals surface area contributed by atoms with Crippen molar-refractivity contribution in [3.8, 4) is 0 Å². The highest BCUT2D eigenvalue weighted by Gasteiger charge is 2.33. The third-order valence-corrected chi connectivity index (χ3v) is 1.91. The molecule has 1 unspecified atom stereocenters. The zero-order valence-corrected chi connectivity index (χ0v) is 8.41. The van der Waals surface area contributed by atoms with Crippen LogP contribution >= 0.6 is 31.9 Å². The highest BCUT2D eigenvalue weighted by molar-refractivity contribution is 9.25. The van der Waals surface area contributed by atoms with E-state index in [-0.39, 0.29) is 5.92 Å². The van der Waals surface area contributed by atoms with Gasteiger partial charge in [-0.1, -0.05) is 13.8 Å². The summed E-state index contributed by atoms with van der Waals surface area (Å²) in [6.07, 6.45) is -1.02. The lowest BCUT2D eigenvalue weighted by Gasteiger charge is -2.20. The van der Waals surface area contributed by atoms with E-state index in [9.17, 15) is 4.39 Å². The van der Waals surface area contributed by atoms with E-state index in [0.717, 1.165) is 0 Å².